The number of aromatic nitrogens is 4. The first-order valence-corrected chi connectivity index (χ1v) is 10.4. The first-order valence-electron chi connectivity index (χ1n) is 10.0. The van der Waals surface area contributed by atoms with E-state index in [1.54, 1.807) is 24.3 Å². The van der Waals surface area contributed by atoms with Crippen molar-refractivity contribution in [2.45, 2.75) is 6.04 Å². The van der Waals surface area contributed by atoms with Gasteiger partial charge in [0, 0.05) is 30.1 Å². The van der Waals surface area contributed by atoms with Crippen LogP contribution in [0.2, 0.25) is 5.02 Å². The average molecular weight is 484 g/mol. The molecule has 0 radical (unpaired) electrons. The van der Waals surface area contributed by atoms with E-state index >= 15 is 0 Å². The zero-order valence-corrected chi connectivity index (χ0v) is 18.6. The molecule has 0 saturated carbocycles. The van der Waals surface area contributed by atoms with Crippen LogP contribution in [-0.4, -0.2) is 33.4 Å². The van der Waals surface area contributed by atoms with E-state index in [9.17, 15) is 19.5 Å². The smallest absolute Gasteiger partial charge is 0.381 e. The molecule has 4 rings (SSSR count). The van der Waals surface area contributed by atoms with Crippen LogP contribution in [0.15, 0.2) is 71.9 Å². The van der Waals surface area contributed by atoms with Crippen LogP contribution in [0.3, 0.4) is 0 Å². The summed E-state index contributed by atoms with van der Waals surface area (Å²) in [7, 11) is 1.39. The molecule has 1 aromatic carbocycles. The minimum atomic E-state index is -0.784. The molecule has 1 atom stereocenters. The fourth-order valence-electron chi connectivity index (χ4n) is 3.38. The molecular formula is C23H19ClFN5O4. The minimum absolute atomic E-state index is 0.0440. The number of benzene rings is 1. The summed E-state index contributed by atoms with van der Waals surface area (Å²) in [5.41, 5.74) is 1.53. The van der Waals surface area contributed by atoms with Gasteiger partial charge < -0.3 is 24.9 Å². The molecule has 0 aliphatic carbocycles. The Balaban J connectivity index is 1.61. The number of hydrogen-bond donors (Lipinski definition) is 2. The minimum Gasteiger partial charge on any atom is -0.616 e. The third kappa shape index (κ3) is 4.82. The largest absolute Gasteiger partial charge is 0.616 e. The molecule has 0 bridgehead atoms. The predicted molar refractivity (Wildman–Crippen MR) is 124 cm³/mol. The molecular weight excluding hydrogens is 465 g/mol. The van der Waals surface area contributed by atoms with Gasteiger partial charge in [-0.2, -0.15) is 0 Å². The number of aliphatic hydroxyl groups excluding tert-OH is 1. The van der Waals surface area contributed by atoms with E-state index in [4.69, 9.17) is 16.3 Å². The topological polar surface area (TPSA) is 116 Å². The van der Waals surface area contributed by atoms with Crippen molar-refractivity contribution in [2.75, 3.05) is 19.0 Å². The Hall–Kier alpha value is -4.02. The summed E-state index contributed by atoms with van der Waals surface area (Å²) in [6.07, 6.45) is 4.32. The van der Waals surface area contributed by atoms with Crippen molar-refractivity contribution >= 4 is 23.2 Å². The molecule has 4 aromatic rings. The fraction of sp³-hybridized carbons (Fsp3) is 0.130. The summed E-state index contributed by atoms with van der Waals surface area (Å²) in [5.74, 6) is -0.287. The van der Waals surface area contributed by atoms with Crippen molar-refractivity contribution < 1.29 is 19.0 Å². The van der Waals surface area contributed by atoms with E-state index in [1.165, 1.54) is 54.5 Å². The van der Waals surface area contributed by atoms with Crippen molar-refractivity contribution in [3.8, 4) is 17.1 Å². The fourth-order valence-corrected chi connectivity index (χ4v) is 3.50. The van der Waals surface area contributed by atoms with E-state index < -0.39 is 24.0 Å². The standard InChI is InChI=1S/C23H19ClFN5O4/c1-34-22-12-16(6-9-30(22)33)27-23-26-7-4-19(28-23)14-5-8-29(21(32)11-14)20(13-31)15-2-3-17(24)18(25)10-15/h2-12,20,31H,13H2,1H3,(H,26,27,28). The van der Waals surface area contributed by atoms with Crippen molar-refractivity contribution in [2.24, 2.45) is 0 Å². The summed E-state index contributed by atoms with van der Waals surface area (Å²) >= 11 is 5.74. The number of methoxy groups -OCH3 is 1. The van der Waals surface area contributed by atoms with Crippen molar-refractivity contribution in [1.82, 2.24) is 14.5 Å². The zero-order valence-electron chi connectivity index (χ0n) is 17.9. The number of anilines is 2. The third-order valence-electron chi connectivity index (χ3n) is 5.09. The maximum absolute atomic E-state index is 13.9. The Morgan fingerprint density at radius 1 is 1.26 bits per heavy atom. The van der Waals surface area contributed by atoms with E-state index in [1.807, 2.05) is 0 Å². The van der Waals surface area contributed by atoms with Gasteiger partial charge in [-0.05, 0) is 29.8 Å². The van der Waals surface area contributed by atoms with Gasteiger partial charge in [0.1, 0.15) is 5.82 Å². The second kappa shape index (κ2) is 9.86. The molecule has 9 nitrogen and oxygen atoms in total. The lowest BCUT2D eigenvalue weighted by Crippen LogP contribution is -2.27. The number of pyridine rings is 2. The van der Waals surface area contributed by atoms with Crippen LogP contribution in [-0.2, 0) is 0 Å². The van der Waals surface area contributed by atoms with Crippen LogP contribution < -0.4 is 20.3 Å². The molecule has 0 aliphatic heterocycles. The van der Waals surface area contributed by atoms with E-state index in [0.29, 0.717) is 27.2 Å². The van der Waals surface area contributed by atoms with Gasteiger partial charge in [0.15, 0.2) is 6.20 Å². The summed E-state index contributed by atoms with van der Waals surface area (Å²) in [5, 5.41) is 24.4. The van der Waals surface area contributed by atoms with Gasteiger partial charge in [0.2, 0.25) is 5.95 Å². The molecule has 3 heterocycles. The van der Waals surface area contributed by atoms with Crippen LogP contribution in [0.25, 0.3) is 11.3 Å². The molecule has 0 spiro atoms. The molecule has 0 aliphatic rings. The number of nitrogens with one attached hydrogen (secondary N) is 1. The predicted octanol–water partition coefficient (Wildman–Crippen LogP) is 3.07. The number of ether oxygens (including phenoxy) is 1. The number of halogens is 2. The lowest BCUT2D eigenvalue weighted by atomic mass is 10.1. The first-order chi connectivity index (χ1) is 16.4. The van der Waals surface area contributed by atoms with Crippen molar-refractivity contribution in [1.29, 1.82) is 0 Å². The van der Waals surface area contributed by atoms with Crippen LogP contribution in [0.1, 0.15) is 11.6 Å². The number of hydrogen-bond acceptors (Lipinski definition) is 7. The lowest BCUT2D eigenvalue weighted by Gasteiger charge is -2.18. The van der Waals surface area contributed by atoms with Crippen LogP contribution in [0, 0.1) is 11.0 Å². The highest BCUT2D eigenvalue weighted by Gasteiger charge is 2.17. The molecule has 1 unspecified atom stereocenters. The highest BCUT2D eigenvalue weighted by Crippen LogP contribution is 2.24. The third-order valence-corrected chi connectivity index (χ3v) is 5.39. The van der Waals surface area contributed by atoms with E-state index in [-0.39, 0.29) is 16.9 Å². The Morgan fingerprint density at radius 3 is 2.79 bits per heavy atom. The van der Waals surface area contributed by atoms with Crippen molar-refractivity contribution in [3.05, 3.63) is 99.1 Å². The van der Waals surface area contributed by atoms with E-state index in [2.05, 4.69) is 15.3 Å². The highest BCUT2D eigenvalue weighted by atomic mass is 35.5. The second-order valence-electron chi connectivity index (χ2n) is 7.21. The molecule has 0 fully saturated rings. The number of aliphatic hydroxyl groups is 1. The highest BCUT2D eigenvalue weighted by molar-refractivity contribution is 6.30. The van der Waals surface area contributed by atoms with Gasteiger partial charge in [0.05, 0.1) is 42.2 Å². The lowest BCUT2D eigenvalue weighted by molar-refractivity contribution is -0.612. The zero-order chi connectivity index (χ0) is 24.2. The summed E-state index contributed by atoms with van der Waals surface area (Å²) in [6, 6.07) is 11.1. The van der Waals surface area contributed by atoms with Crippen LogP contribution in [0.5, 0.6) is 5.88 Å². The van der Waals surface area contributed by atoms with Crippen LogP contribution >= 0.6 is 11.6 Å². The summed E-state index contributed by atoms with van der Waals surface area (Å²) < 4.78 is 20.8. The SMILES string of the molecule is COc1cc(Nc2nccc(-c3ccn(C(CO)c4ccc(Cl)c(F)c4)c(=O)c3)n2)cc[n+]1[O-]. The molecule has 3 aromatic heterocycles. The van der Waals surface area contributed by atoms with Gasteiger partial charge >= 0.3 is 5.88 Å². The number of rotatable bonds is 7. The van der Waals surface area contributed by atoms with E-state index in [0.717, 1.165) is 0 Å². The summed E-state index contributed by atoms with van der Waals surface area (Å²) in [4.78, 5) is 21.4. The van der Waals surface area contributed by atoms with Gasteiger partial charge in [0.25, 0.3) is 5.56 Å². The molecule has 0 amide bonds. The van der Waals surface area contributed by atoms with Gasteiger partial charge in [-0.1, -0.05) is 17.7 Å². The molecule has 0 saturated heterocycles. The maximum Gasteiger partial charge on any atom is 0.381 e. The maximum atomic E-state index is 13.9. The van der Waals surface area contributed by atoms with Gasteiger partial charge in [-0.25, -0.2) is 14.4 Å². The number of nitrogens with zero attached hydrogens (tertiary/aromatic N) is 4. The monoisotopic (exact) mass is 483 g/mol. The Bertz CT molecular complexity index is 1400. The Kier molecular flexibility index (Phi) is 6.71. The Morgan fingerprint density at radius 2 is 2.09 bits per heavy atom. The summed E-state index contributed by atoms with van der Waals surface area (Å²) in [6.45, 7) is -0.411. The van der Waals surface area contributed by atoms with Crippen LogP contribution in [0.4, 0.5) is 16.0 Å². The average Bonchev–Trinajstić information content (AvgIpc) is 2.84. The quantitative estimate of drug-likeness (QED) is 0.306. The first kappa shape index (κ1) is 23.1. The van der Waals surface area contributed by atoms with Crippen molar-refractivity contribution in [3.63, 3.8) is 0 Å². The van der Waals surface area contributed by atoms with Gasteiger partial charge in [-0.3, -0.25) is 4.79 Å². The molecule has 174 valence electrons. The molecule has 34 heavy (non-hydrogen) atoms. The Labute approximate surface area is 198 Å². The molecule has 2 N–H and O–H groups in total. The molecule has 11 heteroatoms. The second-order valence-corrected chi connectivity index (χ2v) is 7.61. The normalized spacial score (nSPS) is 11.8. The van der Waals surface area contributed by atoms with Gasteiger partial charge in [-0.15, -0.1) is 4.73 Å².